The third kappa shape index (κ3) is 8.22. The van der Waals surface area contributed by atoms with Crippen LogP contribution in [-0.2, 0) is 0 Å². The Bertz CT molecular complexity index is 79.6. The zero-order chi connectivity index (χ0) is 8.04. The van der Waals surface area contributed by atoms with Crippen molar-refractivity contribution in [2.45, 2.75) is 31.9 Å². The summed E-state index contributed by atoms with van der Waals surface area (Å²) in [7, 11) is 2.50. The van der Waals surface area contributed by atoms with E-state index in [0.29, 0.717) is 6.42 Å². The molecule has 0 radical (unpaired) electrons. The van der Waals surface area contributed by atoms with E-state index in [9.17, 15) is 13.2 Å². The van der Waals surface area contributed by atoms with Crippen molar-refractivity contribution in [3.05, 3.63) is 0 Å². The lowest BCUT2D eigenvalue weighted by Crippen LogP contribution is -2.06. The molecule has 1 unspecified atom stereocenters. The summed E-state index contributed by atoms with van der Waals surface area (Å²) in [4.78, 5) is 0. The highest BCUT2D eigenvalue weighted by molar-refractivity contribution is 7.16. The minimum atomic E-state index is -3.96. The number of rotatable bonds is 4. The number of unbranched alkanes of at least 4 members (excludes halogenated alkanes) is 2. The first-order valence-corrected chi connectivity index (χ1v) is 4.15. The van der Waals surface area contributed by atoms with Crippen LogP contribution in [0, 0.1) is 0 Å². The van der Waals surface area contributed by atoms with Crippen LogP contribution in [0.2, 0.25) is 0 Å². The molecule has 62 valence electrons. The van der Waals surface area contributed by atoms with Crippen LogP contribution in [0.4, 0.5) is 13.2 Å². The zero-order valence-corrected chi connectivity index (χ0v) is 6.90. The van der Waals surface area contributed by atoms with Gasteiger partial charge in [-0.3, -0.25) is 0 Å². The molecule has 0 fully saturated rings. The summed E-state index contributed by atoms with van der Waals surface area (Å²) < 4.78 is 34.4. The van der Waals surface area contributed by atoms with Gasteiger partial charge in [-0.2, -0.15) is 13.2 Å². The van der Waals surface area contributed by atoms with E-state index < -0.39 is 12.6 Å². The molecule has 0 nitrogen and oxygen atoms in total. The Hall–Kier alpha value is 0.220. The van der Waals surface area contributed by atoms with Crippen molar-refractivity contribution in [3.8, 4) is 0 Å². The monoisotopic (exact) mass is 172 g/mol. The van der Waals surface area contributed by atoms with Gasteiger partial charge in [0.05, 0.1) is 0 Å². The van der Waals surface area contributed by atoms with E-state index in [1.54, 1.807) is 0 Å². The molecular formula is C6H12F3P. The first kappa shape index (κ1) is 10.2. The second-order valence-corrected chi connectivity index (χ2v) is 2.79. The smallest absolute Gasteiger partial charge is 0.171 e. The number of hydrogen-bond acceptors (Lipinski definition) is 0. The van der Waals surface area contributed by atoms with Crippen LogP contribution in [-0.4, -0.2) is 12.3 Å². The van der Waals surface area contributed by atoms with Gasteiger partial charge in [-0.15, -0.1) is 9.24 Å². The lowest BCUT2D eigenvalue weighted by molar-refractivity contribution is -0.135. The van der Waals surface area contributed by atoms with E-state index >= 15 is 0 Å². The van der Waals surface area contributed by atoms with Gasteiger partial charge in [-0.25, -0.2) is 0 Å². The number of hydrogen-bond donors (Lipinski definition) is 0. The molecule has 0 heterocycles. The van der Waals surface area contributed by atoms with Crippen molar-refractivity contribution in [2.24, 2.45) is 0 Å². The summed E-state index contributed by atoms with van der Waals surface area (Å²) in [6, 6.07) is 0. The lowest BCUT2D eigenvalue weighted by Gasteiger charge is -2.03. The van der Waals surface area contributed by atoms with Gasteiger partial charge in [0.1, 0.15) is 0 Å². The number of alkyl halides is 3. The molecule has 0 aliphatic heterocycles. The molecule has 0 aromatic heterocycles. The molecule has 1 atom stereocenters. The molecule has 0 aliphatic rings. The summed E-state index contributed by atoms with van der Waals surface area (Å²) in [5.74, 6) is 0. The van der Waals surface area contributed by atoms with Crippen LogP contribution in [0.1, 0.15) is 25.7 Å². The molecule has 10 heavy (non-hydrogen) atoms. The highest BCUT2D eigenvalue weighted by atomic mass is 31.0. The largest absolute Gasteiger partial charge is 0.389 e. The van der Waals surface area contributed by atoms with Gasteiger partial charge < -0.3 is 0 Å². The predicted molar refractivity (Wildman–Crippen MR) is 39.1 cm³/mol. The van der Waals surface area contributed by atoms with Crippen LogP contribution in [0.25, 0.3) is 0 Å². The van der Waals surface area contributed by atoms with Gasteiger partial charge in [-0.05, 0) is 19.0 Å². The Balaban J connectivity index is 3.04. The van der Waals surface area contributed by atoms with Crippen LogP contribution in [0.15, 0.2) is 0 Å². The number of halogens is 3. The Kier molecular flexibility index (Phi) is 5.06. The molecule has 0 spiro atoms. The van der Waals surface area contributed by atoms with E-state index in [4.69, 9.17) is 0 Å². The molecule has 0 bridgehead atoms. The summed E-state index contributed by atoms with van der Waals surface area (Å²) in [5, 5.41) is 0. The maximum atomic E-state index is 11.5. The average Bonchev–Trinajstić information content (AvgIpc) is 1.78. The fraction of sp³-hybridized carbons (Fsp3) is 1.00. The second-order valence-electron chi connectivity index (χ2n) is 2.21. The van der Waals surface area contributed by atoms with Gasteiger partial charge in [0.25, 0.3) is 0 Å². The highest BCUT2D eigenvalue weighted by Gasteiger charge is 2.25. The van der Waals surface area contributed by atoms with Crippen molar-refractivity contribution in [2.75, 3.05) is 6.16 Å². The van der Waals surface area contributed by atoms with Crippen molar-refractivity contribution >= 4 is 9.24 Å². The Morgan fingerprint density at radius 2 is 1.60 bits per heavy atom. The Morgan fingerprint density at radius 3 is 2.00 bits per heavy atom. The predicted octanol–water partition coefficient (Wildman–Crippen LogP) is 2.98. The lowest BCUT2D eigenvalue weighted by atomic mass is 10.2. The normalized spacial score (nSPS) is 12.0. The molecule has 0 saturated carbocycles. The van der Waals surface area contributed by atoms with E-state index in [0.717, 1.165) is 12.6 Å². The third-order valence-electron chi connectivity index (χ3n) is 1.16. The Morgan fingerprint density at radius 1 is 1.00 bits per heavy atom. The van der Waals surface area contributed by atoms with Gasteiger partial charge in [-0.1, -0.05) is 6.42 Å². The van der Waals surface area contributed by atoms with E-state index in [1.807, 2.05) is 0 Å². The SMILES string of the molecule is FC(F)(F)CCCCCP. The van der Waals surface area contributed by atoms with Gasteiger partial charge in [0, 0.05) is 6.42 Å². The summed E-state index contributed by atoms with van der Waals surface area (Å²) in [5.41, 5.74) is 0. The van der Waals surface area contributed by atoms with Crippen molar-refractivity contribution in [3.63, 3.8) is 0 Å². The van der Waals surface area contributed by atoms with Gasteiger partial charge >= 0.3 is 6.18 Å². The fourth-order valence-corrected chi connectivity index (χ4v) is 0.935. The Labute approximate surface area is 61.4 Å². The van der Waals surface area contributed by atoms with E-state index in [2.05, 4.69) is 9.24 Å². The maximum Gasteiger partial charge on any atom is 0.389 e. The third-order valence-corrected chi connectivity index (χ3v) is 1.57. The highest BCUT2D eigenvalue weighted by Crippen LogP contribution is 2.22. The average molecular weight is 172 g/mol. The summed E-state index contributed by atoms with van der Waals surface area (Å²) in [6.07, 6.45) is -1.85. The second kappa shape index (κ2) is 4.95. The van der Waals surface area contributed by atoms with Crippen molar-refractivity contribution in [1.82, 2.24) is 0 Å². The van der Waals surface area contributed by atoms with Crippen molar-refractivity contribution in [1.29, 1.82) is 0 Å². The van der Waals surface area contributed by atoms with Crippen LogP contribution >= 0.6 is 9.24 Å². The van der Waals surface area contributed by atoms with Crippen LogP contribution in [0.5, 0.6) is 0 Å². The van der Waals surface area contributed by atoms with Gasteiger partial charge in [0.15, 0.2) is 0 Å². The standard InChI is InChI=1S/C6H12F3P/c7-6(8,9)4-2-1-3-5-10/h1-5,10H2. The molecular weight excluding hydrogens is 160 g/mol. The first-order chi connectivity index (χ1) is 4.56. The van der Waals surface area contributed by atoms with Gasteiger partial charge in [0.2, 0.25) is 0 Å². The summed E-state index contributed by atoms with van der Waals surface area (Å²) in [6.45, 7) is 0. The van der Waals surface area contributed by atoms with Crippen LogP contribution in [0.3, 0.4) is 0 Å². The minimum absolute atomic E-state index is 0.276. The summed E-state index contributed by atoms with van der Waals surface area (Å²) >= 11 is 0. The maximum absolute atomic E-state index is 11.5. The molecule has 0 rings (SSSR count). The topological polar surface area (TPSA) is 0 Å². The molecule has 0 aromatic rings. The van der Waals surface area contributed by atoms with E-state index in [1.165, 1.54) is 0 Å². The molecule has 0 saturated heterocycles. The van der Waals surface area contributed by atoms with E-state index in [-0.39, 0.29) is 6.42 Å². The fourth-order valence-electron chi connectivity index (χ4n) is 0.647. The minimum Gasteiger partial charge on any atom is -0.171 e. The molecule has 0 N–H and O–H groups in total. The molecule has 0 amide bonds. The quantitative estimate of drug-likeness (QED) is 0.451. The zero-order valence-electron chi connectivity index (χ0n) is 5.75. The first-order valence-electron chi connectivity index (χ1n) is 3.33. The van der Waals surface area contributed by atoms with Crippen molar-refractivity contribution < 1.29 is 13.2 Å². The molecule has 0 aliphatic carbocycles. The molecule has 0 aromatic carbocycles. The molecule has 4 heteroatoms. The van der Waals surface area contributed by atoms with Crippen LogP contribution < -0.4 is 0 Å².